The predicted octanol–water partition coefficient (Wildman–Crippen LogP) is 3.66. The van der Waals surface area contributed by atoms with E-state index in [1.165, 1.54) is 38.5 Å². The molecule has 0 spiro atoms. The second kappa shape index (κ2) is 13.9. The van der Waals surface area contributed by atoms with Gasteiger partial charge in [0.15, 0.2) is 0 Å². The van der Waals surface area contributed by atoms with E-state index in [0.29, 0.717) is 0 Å². The summed E-state index contributed by atoms with van der Waals surface area (Å²) < 4.78 is 0. The molecule has 0 saturated heterocycles. The summed E-state index contributed by atoms with van der Waals surface area (Å²) in [5, 5.41) is 0. The van der Waals surface area contributed by atoms with Crippen molar-refractivity contribution in [2.45, 2.75) is 64.2 Å². The summed E-state index contributed by atoms with van der Waals surface area (Å²) in [5.41, 5.74) is 0. The quantitative estimate of drug-likeness (QED) is 0.395. The molecule has 0 bridgehead atoms. The van der Waals surface area contributed by atoms with E-state index in [2.05, 4.69) is 0 Å². The number of carbonyl (C=O) groups excluding carboxylic acids is 2. The minimum absolute atomic E-state index is 0.877. The monoisotopic (exact) mass is 222 g/mol. The second-order valence-electron chi connectivity index (χ2n) is 4.05. The summed E-state index contributed by atoms with van der Waals surface area (Å²) in [5.74, 6) is 3.60. The summed E-state index contributed by atoms with van der Waals surface area (Å²) in [6.07, 6.45) is 14.6. The van der Waals surface area contributed by atoms with Crippen LogP contribution in [-0.2, 0) is 9.59 Å². The van der Waals surface area contributed by atoms with E-state index in [-0.39, 0.29) is 0 Å². The van der Waals surface area contributed by atoms with Gasteiger partial charge in [-0.25, -0.2) is 9.59 Å². The third kappa shape index (κ3) is 12.9. The molecule has 16 heavy (non-hydrogen) atoms. The largest absolute Gasteiger partial charge is 0.234 e. The van der Waals surface area contributed by atoms with Gasteiger partial charge in [0.2, 0.25) is 0 Å². The zero-order valence-corrected chi connectivity index (χ0v) is 10.0. The van der Waals surface area contributed by atoms with Crippen molar-refractivity contribution in [2.75, 3.05) is 0 Å². The minimum atomic E-state index is 0.877. The van der Waals surface area contributed by atoms with Crippen molar-refractivity contribution in [3.63, 3.8) is 0 Å². The zero-order chi connectivity index (χ0) is 11.9. The number of hydrogen-bond donors (Lipinski definition) is 0. The molecule has 0 aliphatic rings. The van der Waals surface area contributed by atoms with Gasteiger partial charge in [-0.3, -0.25) is 0 Å². The first kappa shape index (κ1) is 14.9. The molecule has 0 heterocycles. The molecule has 0 rings (SSSR count). The third-order valence-corrected chi connectivity index (χ3v) is 2.61. The average molecular weight is 222 g/mol. The van der Waals surface area contributed by atoms with Gasteiger partial charge < -0.3 is 0 Å². The maximum Gasteiger partial charge on any atom is 0.120 e. The van der Waals surface area contributed by atoms with Crippen LogP contribution >= 0.6 is 0 Å². The maximum atomic E-state index is 9.88. The molecule has 0 saturated carbocycles. The van der Waals surface area contributed by atoms with Gasteiger partial charge in [-0.1, -0.05) is 38.5 Å². The van der Waals surface area contributed by atoms with Crippen molar-refractivity contribution in [1.29, 1.82) is 0 Å². The van der Waals surface area contributed by atoms with Crippen molar-refractivity contribution in [3.8, 4) is 0 Å². The Labute approximate surface area is 98.4 Å². The van der Waals surface area contributed by atoms with E-state index in [1.807, 2.05) is 0 Å². The number of unbranched alkanes of at least 4 members (excludes halogenated alkanes) is 9. The fourth-order valence-electron chi connectivity index (χ4n) is 1.67. The molecule has 0 atom stereocenters. The maximum absolute atomic E-state index is 9.88. The third-order valence-electron chi connectivity index (χ3n) is 2.61. The van der Waals surface area contributed by atoms with Gasteiger partial charge in [0.25, 0.3) is 0 Å². The van der Waals surface area contributed by atoms with E-state index >= 15 is 0 Å². The molecule has 0 radical (unpaired) electrons. The molecular formula is C14H22O2. The molecule has 0 aromatic rings. The molecule has 2 heteroatoms. The van der Waals surface area contributed by atoms with Crippen LogP contribution in [0.15, 0.2) is 12.2 Å². The second-order valence-corrected chi connectivity index (χ2v) is 4.05. The fourth-order valence-corrected chi connectivity index (χ4v) is 1.67. The van der Waals surface area contributed by atoms with Crippen molar-refractivity contribution in [2.24, 2.45) is 0 Å². The lowest BCUT2D eigenvalue weighted by atomic mass is 10.1. The zero-order valence-electron chi connectivity index (χ0n) is 10.0. The van der Waals surface area contributed by atoms with Crippen LogP contribution in [0.25, 0.3) is 0 Å². The topological polar surface area (TPSA) is 34.1 Å². The van der Waals surface area contributed by atoms with Crippen molar-refractivity contribution >= 4 is 11.9 Å². The molecule has 0 fully saturated rings. The Morgan fingerprint density at radius 3 is 1.19 bits per heavy atom. The first-order chi connectivity index (χ1) is 7.91. The summed E-state index contributed by atoms with van der Waals surface area (Å²) in [6.45, 7) is 0. The van der Waals surface area contributed by atoms with E-state index in [4.69, 9.17) is 0 Å². The average Bonchev–Trinajstić information content (AvgIpc) is 2.31. The van der Waals surface area contributed by atoms with Gasteiger partial charge in [-0.15, -0.1) is 0 Å². The van der Waals surface area contributed by atoms with E-state index in [9.17, 15) is 9.59 Å². The molecule has 0 aliphatic heterocycles. The lowest BCUT2D eigenvalue weighted by molar-refractivity contribution is 0.561. The molecule has 90 valence electrons. The number of hydrogen-bond acceptors (Lipinski definition) is 2. The summed E-state index contributed by atoms with van der Waals surface area (Å²) >= 11 is 0. The predicted molar refractivity (Wildman–Crippen MR) is 66.7 cm³/mol. The Morgan fingerprint density at radius 1 is 0.562 bits per heavy atom. The van der Waals surface area contributed by atoms with Crippen LogP contribution in [0, 0.1) is 0 Å². The smallest absolute Gasteiger partial charge is 0.120 e. The van der Waals surface area contributed by atoms with Crippen molar-refractivity contribution < 1.29 is 9.59 Å². The first-order valence-electron chi connectivity index (χ1n) is 6.30. The van der Waals surface area contributed by atoms with Crippen LogP contribution in [0.3, 0.4) is 0 Å². The molecule has 2 nitrogen and oxygen atoms in total. The van der Waals surface area contributed by atoms with Crippen molar-refractivity contribution in [3.05, 3.63) is 12.2 Å². The van der Waals surface area contributed by atoms with E-state index < -0.39 is 0 Å². The summed E-state index contributed by atoms with van der Waals surface area (Å²) in [4.78, 5) is 19.8. The van der Waals surface area contributed by atoms with Crippen LogP contribution in [0.4, 0.5) is 0 Å². The highest BCUT2D eigenvalue weighted by atomic mass is 16.1. The molecule has 0 amide bonds. The van der Waals surface area contributed by atoms with Gasteiger partial charge >= 0.3 is 0 Å². The Kier molecular flexibility index (Phi) is 12.9. The van der Waals surface area contributed by atoms with Gasteiger partial charge in [0, 0.05) is 0 Å². The Balaban J connectivity index is 2.98. The Hall–Kier alpha value is -1.10. The molecule has 0 aromatic carbocycles. The lowest BCUT2D eigenvalue weighted by Gasteiger charge is -2.00. The highest BCUT2D eigenvalue weighted by Crippen LogP contribution is 2.10. The highest BCUT2D eigenvalue weighted by Gasteiger charge is 1.91. The van der Waals surface area contributed by atoms with Crippen LogP contribution in [0.1, 0.15) is 64.2 Å². The molecule has 0 aliphatic carbocycles. The van der Waals surface area contributed by atoms with Crippen LogP contribution < -0.4 is 0 Å². The van der Waals surface area contributed by atoms with Gasteiger partial charge in [0.05, 0.1) is 0 Å². The van der Waals surface area contributed by atoms with Crippen LogP contribution in [0.5, 0.6) is 0 Å². The molecular weight excluding hydrogens is 200 g/mol. The minimum Gasteiger partial charge on any atom is -0.234 e. The standard InChI is InChI=1S/C14H22O2/c15-13-11-9-7-5-3-1-2-4-6-8-10-12-14-16/h11-12H,1-10H2. The first-order valence-corrected chi connectivity index (χ1v) is 6.30. The normalized spacial score (nSPS) is 9.25. The summed E-state index contributed by atoms with van der Waals surface area (Å²) in [6, 6.07) is 0. The molecule has 0 aromatic heterocycles. The van der Waals surface area contributed by atoms with Crippen LogP contribution in [0.2, 0.25) is 0 Å². The summed E-state index contributed by atoms with van der Waals surface area (Å²) in [7, 11) is 0. The van der Waals surface area contributed by atoms with Gasteiger partial charge in [0.1, 0.15) is 11.9 Å². The number of allylic oxidation sites excluding steroid dienone is 2. The Bertz CT molecular complexity index is 207. The molecule has 0 N–H and O–H groups in total. The Morgan fingerprint density at radius 2 is 0.875 bits per heavy atom. The van der Waals surface area contributed by atoms with E-state index in [0.717, 1.165) is 25.7 Å². The lowest BCUT2D eigenvalue weighted by Crippen LogP contribution is -1.81. The highest BCUT2D eigenvalue weighted by molar-refractivity contribution is 5.44. The van der Waals surface area contributed by atoms with Crippen molar-refractivity contribution in [1.82, 2.24) is 0 Å². The SMILES string of the molecule is O=C=CCCCCCCCCCCC=C=O. The van der Waals surface area contributed by atoms with Gasteiger partial charge in [-0.05, 0) is 37.8 Å². The number of rotatable bonds is 11. The van der Waals surface area contributed by atoms with Gasteiger partial charge in [-0.2, -0.15) is 0 Å². The molecule has 0 unspecified atom stereocenters. The van der Waals surface area contributed by atoms with Crippen LogP contribution in [-0.4, -0.2) is 11.9 Å². The van der Waals surface area contributed by atoms with E-state index in [1.54, 1.807) is 24.0 Å². The fraction of sp³-hybridized carbons (Fsp3) is 0.714.